The Labute approximate surface area is 130 Å². The molecule has 0 radical (unpaired) electrons. The molecule has 0 saturated heterocycles. The van der Waals surface area contributed by atoms with Crippen molar-refractivity contribution in [2.45, 2.75) is 19.9 Å². The van der Waals surface area contributed by atoms with Crippen molar-refractivity contribution in [1.82, 2.24) is 0 Å². The molecular weight excluding hydrogens is 348 g/mol. The number of anilines is 1. The molecule has 0 spiro atoms. The molecule has 106 valence electrons. The van der Waals surface area contributed by atoms with Gasteiger partial charge in [-0.1, -0.05) is 17.7 Å². The summed E-state index contributed by atoms with van der Waals surface area (Å²) in [6, 6.07) is 7.29. The third-order valence-electron chi connectivity index (χ3n) is 3.07. The van der Waals surface area contributed by atoms with Gasteiger partial charge in [-0.3, -0.25) is 0 Å². The average Bonchev–Trinajstić information content (AvgIpc) is 2.35. The van der Waals surface area contributed by atoms with Crippen LogP contribution in [0.1, 0.15) is 24.1 Å². The first-order valence-corrected chi connectivity index (χ1v) is 7.22. The molecule has 0 fully saturated rings. The zero-order valence-corrected chi connectivity index (χ0v) is 13.3. The van der Waals surface area contributed by atoms with E-state index in [4.69, 9.17) is 11.6 Å². The van der Waals surface area contributed by atoms with Gasteiger partial charge in [0.15, 0.2) is 0 Å². The highest BCUT2D eigenvalue weighted by atomic mass is 79.9. The van der Waals surface area contributed by atoms with Crippen LogP contribution in [-0.2, 0) is 0 Å². The monoisotopic (exact) mass is 359 g/mol. The number of halogens is 4. The lowest BCUT2D eigenvalue weighted by Crippen LogP contribution is -2.08. The molecule has 2 aromatic rings. The topological polar surface area (TPSA) is 12.0 Å². The summed E-state index contributed by atoms with van der Waals surface area (Å²) in [7, 11) is 0. The molecule has 1 N–H and O–H groups in total. The Hall–Kier alpha value is -1.13. The van der Waals surface area contributed by atoms with E-state index in [1.807, 2.05) is 13.8 Å². The molecule has 1 unspecified atom stereocenters. The van der Waals surface area contributed by atoms with E-state index in [1.165, 1.54) is 18.2 Å². The van der Waals surface area contributed by atoms with Gasteiger partial charge >= 0.3 is 0 Å². The largest absolute Gasteiger partial charge is 0.378 e. The summed E-state index contributed by atoms with van der Waals surface area (Å²) in [4.78, 5) is 0. The fourth-order valence-corrected chi connectivity index (χ4v) is 2.64. The van der Waals surface area contributed by atoms with Gasteiger partial charge in [0.05, 0.1) is 10.5 Å². The molecule has 20 heavy (non-hydrogen) atoms. The van der Waals surface area contributed by atoms with Crippen LogP contribution in [0.4, 0.5) is 14.5 Å². The second kappa shape index (κ2) is 6.10. The van der Waals surface area contributed by atoms with Gasteiger partial charge in [-0.05, 0) is 65.2 Å². The van der Waals surface area contributed by atoms with Crippen molar-refractivity contribution < 1.29 is 8.78 Å². The molecule has 0 heterocycles. The number of nitrogens with one attached hydrogen (secondary N) is 1. The normalized spacial score (nSPS) is 12.3. The van der Waals surface area contributed by atoms with Gasteiger partial charge in [0.1, 0.15) is 11.6 Å². The molecule has 0 saturated carbocycles. The maximum Gasteiger partial charge on any atom is 0.137 e. The number of aryl methyl sites for hydroxylation is 1. The van der Waals surface area contributed by atoms with Crippen LogP contribution < -0.4 is 5.32 Å². The van der Waals surface area contributed by atoms with Crippen molar-refractivity contribution in [3.05, 3.63) is 62.6 Å². The maximum absolute atomic E-state index is 13.4. The SMILES string of the molecule is Cc1cc(F)c(Br)cc1NC(C)c1ccc(F)cc1Cl. The van der Waals surface area contributed by atoms with E-state index < -0.39 is 0 Å². The molecule has 1 nitrogen and oxygen atoms in total. The van der Waals surface area contributed by atoms with E-state index in [1.54, 1.807) is 12.1 Å². The first-order valence-electron chi connectivity index (χ1n) is 6.05. The molecular formula is C15H13BrClF2N. The summed E-state index contributed by atoms with van der Waals surface area (Å²) in [5.41, 5.74) is 2.37. The van der Waals surface area contributed by atoms with E-state index in [9.17, 15) is 8.78 Å². The maximum atomic E-state index is 13.4. The Morgan fingerprint density at radius 2 is 1.90 bits per heavy atom. The summed E-state index contributed by atoms with van der Waals surface area (Å²) in [5.74, 6) is -0.674. The van der Waals surface area contributed by atoms with Crippen molar-refractivity contribution in [2.24, 2.45) is 0 Å². The van der Waals surface area contributed by atoms with Crippen molar-refractivity contribution in [2.75, 3.05) is 5.32 Å². The smallest absolute Gasteiger partial charge is 0.137 e. The van der Waals surface area contributed by atoms with Crippen LogP contribution >= 0.6 is 27.5 Å². The Balaban J connectivity index is 2.27. The first-order chi connectivity index (χ1) is 9.38. The number of benzene rings is 2. The summed E-state index contributed by atoms with van der Waals surface area (Å²) in [6.45, 7) is 3.73. The minimum absolute atomic E-state index is 0.126. The predicted molar refractivity (Wildman–Crippen MR) is 82.3 cm³/mol. The van der Waals surface area contributed by atoms with Crippen LogP contribution in [0.25, 0.3) is 0 Å². The van der Waals surface area contributed by atoms with Gasteiger partial charge in [-0.25, -0.2) is 8.78 Å². The molecule has 2 aromatic carbocycles. The summed E-state index contributed by atoms with van der Waals surface area (Å²) in [5, 5.41) is 3.62. The first kappa shape index (κ1) is 15.3. The van der Waals surface area contributed by atoms with Crippen molar-refractivity contribution in [1.29, 1.82) is 0 Å². The molecule has 5 heteroatoms. The lowest BCUT2D eigenvalue weighted by molar-refractivity contribution is 0.619. The van der Waals surface area contributed by atoms with Crippen molar-refractivity contribution in [3.63, 3.8) is 0 Å². The highest BCUT2D eigenvalue weighted by Crippen LogP contribution is 2.30. The van der Waals surface area contributed by atoms with Gasteiger partial charge < -0.3 is 5.32 Å². The Morgan fingerprint density at radius 1 is 1.20 bits per heavy atom. The lowest BCUT2D eigenvalue weighted by atomic mass is 10.1. The number of rotatable bonds is 3. The second-order valence-electron chi connectivity index (χ2n) is 4.61. The molecule has 0 amide bonds. The zero-order chi connectivity index (χ0) is 14.9. The average molecular weight is 361 g/mol. The van der Waals surface area contributed by atoms with E-state index in [0.29, 0.717) is 9.50 Å². The Bertz CT molecular complexity index is 646. The number of hydrogen-bond acceptors (Lipinski definition) is 1. The van der Waals surface area contributed by atoms with Crippen LogP contribution in [0, 0.1) is 18.6 Å². The van der Waals surface area contributed by atoms with Gasteiger partial charge in [0.25, 0.3) is 0 Å². The highest BCUT2D eigenvalue weighted by molar-refractivity contribution is 9.10. The zero-order valence-electron chi connectivity index (χ0n) is 11.0. The Morgan fingerprint density at radius 3 is 2.55 bits per heavy atom. The highest BCUT2D eigenvalue weighted by Gasteiger charge is 2.13. The second-order valence-corrected chi connectivity index (χ2v) is 5.87. The lowest BCUT2D eigenvalue weighted by Gasteiger charge is -2.19. The fraction of sp³-hybridized carbons (Fsp3) is 0.200. The van der Waals surface area contributed by atoms with Gasteiger partial charge in [0.2, 0.25) is 0 Å². The van der Waals surface area contributed by atoms with E-state index in [-0.39, 0.29) is 17.7 Å². The quantitative estimate of drug-likeness (QED) is 0.722. The third-order valence-corrected chi connectivity index (χ3v) is 4.00. The minimum Gasteiger partial charge on any atom is -0.378 e. The Kier molecular flexibility index (Phi) is 4.66. The summed E-state index contributed by atoms with van der Waals surface area (Å²) in [6.07, 6.45) is 0. The molecule has 0 aliphatic heterocycles. The minimum atomic E-state index is -0.369. The van der Waals surface area contributed by atoms with E-state index >= 15 is 0 Å². The fourth-order valence-electron chi connectivity index (χ4n) is 1.97. The van der Waals surface area contributed by atoms with Crippen LogP contribution in [0.15, 0.2) is 34.8 Å². The summed E-state index contributed by atoms with van der Waals surface area (Å²) < 4.78 is 26.8. The standard InChI is InChI=1S/C15H13BrClF2N/c1-8-5-14(19)12(16)7-15(8)20-9(2)11-4-3-10(18)6-13(11)17/h3-7,9,20H,1-2H3. The summed E-state index contributed by atoms with van der Waals surface area (Å²) >= 11 is 9.20. The number of hydrogen-bond donors (Lipinski definition) is 1. The molecule has 0 aliphatic carbocycles. The van der Waals surface area contributed by atoms with E-state index in [2.05, 4.69) is 21.2 Å². The molecule has 2 rings (SSSR count). The molecule has 0 bridgehead atoms. The molecule has 0 aliphatic rings. The van der Waals surface area contributed by atoms with Crippen LogP contribution in [0.2, 0.25) is 5.02 Å². The van der Waals surface area contributed by atoms with Crippen molar-refractivity contribution >= 4 is 33.2 Å². The van der Waals surface area contributed by atoms with Crippen LogP contribution in [0.3, 0.4) is 0 Å². The van der Waals surface area contributed by atoms with E-state index in [0.717, 1.165) is 16.8 Å². The predicted octanol–water partition coefficient (Wildman–Crippen LogP) is 5.86. The third kappa shape index (κ3) is 3.30. The van der Waals surface area contributed by atoms with Gasteiger partial charge in [-0.2, -0.15) is 0 Å². The van der Waals surface area contributed by atoms with Gasteiger partial charge in [-0.15, -0.1) is 0 Å². The van der Waals surface area contributed by atoms with Crippen LogP contribution in [-0.4, -0.2) is 0 Å². The molecule has 1 atom stereocenters. The van der Waals surface area contributed by atoms with Gasteiger partial charge in [0, 0.05) is 10.7 Å². The molecule has 0 aromatic heterocycles. The van der Waals surface area contributed by atoms with Crippen LogP contribution in [0.5, 0.6) is 0 Å². The van der Waals surface area contributed by atoms with Crippen molar-refractivity contribution in [3.8, 4) is 0 Å².